The summed E-state index contributed by atoms with van der Waals surface area (Å²) in [6.45, 7) is 5.10. The van der Waals surface area contributed by atoms with Gasteiger partial charge in [0, 0.05) is 30.4 Å². The summed E-state index contributed by atoms with van der Waals surface area (Å²) in [6.07, 6.45) is 1.42. The first-order valence-corrected chi connectivity index (χ1v) is 8.01. The number of benzene rings is 2. The Bertz CT molecular complexity index is 810. The Balaban J connectivity index is 1.88. The van der Waals surface area contributed by atoms with Crippen molar-refractivity contribution in [1.29, 1.82) is 0 Å². The van der Waals surface area contributed by atoms with Crippen LogP contribution >= 0.6 is 0 Å². The number of nitrogens with one attached hydrogen (secondary N) is 1. The van der Waals surface area contributed by atoms with E-state index in [0.717, 1.165) is 16.8 Å². The number of amides is 1. The number of piperazine rings is 1. The van der Waals surface area contributed by atoms with Crippen LogP contribution in [0.2, 0.25) is 0 Å². The molecule has 0 bridgehead atoms. The van der Waals surface area contributed by atoms with Gasteiger partial charge >= 0.3 is 0 Å². The number of anilines is 1. The molecule has 0 spiro atoms. The fourth-order valence-corrected chi connectivity index (χ4v) is 2.82. The van der Waals surface area contributed by atoms with Gasteiger partial charge in [-0.25, -0.2) is 0 Å². The highest BCUT2D eigenvalue weighted by Crippen LogP contribution is 2.19. The van der Waals surface area contributed by atoms with E-state index in [2.05, 4.69) is 5.32 Å². The number of para-hydroxylation sites is 1. The van der Waals surface area contributed by atoms with Gasteiger partial charge in [-0.05, 0) is 37.1 Å². The van der Waals surface area contributed by atoms with E-state index < -0.39 is 0 Å². The molecule has 0 radical (unpaired) electrons. The smallest absolute Gasteiger partial charge is 0.274 e. The first-order valence-electron chi connectivity index (χ1n) is 8.01. The third-order valence-electron chi connectivity index (χ3n) is 4.34. The zero-order valence-electron chi connectivity index (χ0n) is 13.9. The number of carbonyl (C=O) groups is 2. The van der Waals surface area contributed by atoms with E-state index >= 15 is 0 Å². The molecule has 1 fully saturated rings. The number of allylic oxidation sites excluding steroid dienone is 1. The van der Waals surface area contributed by atoms with Crippen LogP contribution in [-0.2, 0) is 4.79 Å². The largest absolute Gasteiger partial charge is 0.379 e. The topological polar surface area (TPSA) is 49.4 Å². The van der Waals surface area contributed by atoms with Gasteiger partial charge in [-0.1, -0.05) is 36.4 Å². The lowest BCUT2D eigenvalue weighted by atomic mass is 9.99. The van der Waals surface area contributed by atoms with Crippen LogP contribution in [0.4, 0.5) is 5.69 Å². The van der Waals surface area contributed by atoms with Gasteiger partial charge in [0.2, 0.25) is 0 Å². The van der Waals surface area contributed by atoms with Crippen LogP contribution in [0.5, 0.6) is 0 Å². The van der Waals surface area contributed by atoms with E-state index in [1.54, 1.807) is 11.0 Å². The number of ketones is 1. The first-order chi connectivity index (χ1) is 11.6. The molecule has 0 aliphatic carbocycles. The summed E-state index contributed by atoms with van der Waals surface area (Å²) in [5.41, 5.74) is 3.83. The van der Waals surface area contributed by atoms with E-state index in [4.69, 9.17) is 0 Å². The molecule has 4 nitrogen and oxygen atoms in total. The predicted octanol–water partition coefficient (Wildman–Crippen LogP) is 3.01. The minimum absolute atomic E-state index is 0.151. The van der Waals surface area contributed by atoms with Gasteiger partial charge in [-0.3, -0.25) is 9.59 Å². The van der Waals surface area contributed by atoms with Crippen molar-refractivity contribution in [3.63, 3.8) is 0 Å². The summed E-state index contributed by atoms with van der Waals surface area (Å²) < 4.78 is 0. The SMILES string of the molecule is Cc1cccc(C(=O)C=C2NCCN(c3ccccc3)C2=O)c1C. The number of rotatable bonds is 3. The zero-order valence-corrected chi connectivity index (χ0v) is 13.9. The predicted molar refractivity (Wildman–Crippen MR) is 95.1 cm³/mol. The lowest BCUT2D eigenvalue weighted by Gasteiger charge is -2.29. The molecule has 0 atom stereocenters. The number of nitrogens with zero attached hydrogens (tertiary/aromatic N) is 1. The Morgan fingerprint density at radius 3 is 2.58 bits per heavy atom. The van der Waals surface area contributed by atoms with Crippen molar-refractivity contribution in [2.45, 2.75) is 13.8 Å². The Morgan fingerprint density at radius 1 is 1.08 bits per heavy atom. The number of hydrogen-bond acceptors (Lipinski definition) is 3. The maximum absolute atomic E-state index is 12.7. The van der Waals surface area contributed by atoms with Crippen LogP contribution in [0.15, 0.2) is 60.3 Å². The summed E-state index contributed by atoms with van der Waals surface area (Å²) in [6, 6.07) is 15.1. The van der Waals surface area contributed by atoms with E-state index in [0.29, 0.717) is 24.4 Å². The quantitative estimate of drug-likeness (QED) is 0.698. The van der Waals surface area contributed by atoms with Crippen LogP contribution in [0, 0.1) is 13.8 Å². The summed E-state index contributed by atoms with van der Waals surface area (Å²) in [5, 5.41) is 3.05. The molecular weight excluding hydrogens is 300 g/mol. The molecule has 1 saturated heterocycles. The Kier molecular flexibility index (Phi) is 4.47. The van der Waals surface area contributed by atoms with Crippen LogP contribution in [0.25, 0.3) is 0 Å². The monoisotopic (exact) mass is 320 g/mol. The van der Waals surface area contributed by atoms with Gasteiger partial charge in [0.25, 0.3) is 5.91 Å². The molecule has 1 N–H and O–H groups in total. The molecule has 4 heteroatoms. The van der Waals surface area contributed by atoms with Gasteiger partial charge in [-0.15, -0.1) is 0 Å². The van der Waals surface area contributed by atoms with Crippen LogP contribution in [-0.4, -0.2) is 24.8 Å². The zero-order chi connectivity index (χ0) is 17.1. The fraction of sp³-hybridized carbons (Fsp3) is 0.200. The molecule has 1 aliphatic rings. The molecule has 3 rings (SSSR count). The van der Waals surface area contributed by atoms with Crippen LogP contribution < -0.4 is 10.2 Å². The van der Waals surface area contributed by atoms with Crippen LogP contribution in [0.3, 0.4) is 0 Å². The van der Waals surface area contributed by atoms with Gasteiger partial charge in [-0.2, -0.15) is 0 Å². The lowest BCUT2D eigenvalue weighted by Crippen LogP contribution is -2.46. The van der Waals surface area contributed by atoms with Gasteiger partial charge in [0.1, 0.15) is 5.70 Å². The van der Waals surface area contributed by atoms with Gasteiger partial charge in [0.05, 0.1) is 0 Å². The number of hydrogen-bond donors (Lipinski definition) is 1. The minimum Gasteiger partial charge on any atom is -0.379 e. The molecule has 1 aliphatic heterocycles. The highest BCUT2D eigenvalue weighted by atomic mass is 16.2. The molecule has 122 valence electrons. The molecule has 1 heterocycles. The standard InChI is InChI=1S/C20H20N2O2/c1-14-7-6-10-17(15(14)2)19(23)13-18-20(24)22(12-11-21-18)16-8-4-3-5-9-16/h3-10,13,21H,11-12H2,1-2H3. The van der Waals surface area contributed by atoms with E-state index in [9.17, 15) is 9.59 Å². The van der Waals surface area contributed by atoms with Crippen molar-refractivity contribution in [3.8, 4) is 0 Å². The molecule has 0 unspecified atom stereocenters. The van der Waals surface area contributed by atoms with Crippen molar-refractivity contribution >= 4 is 17.4 Å². The van der Waals surface area contributed by atoms with Crippen molar-refractivity contribution in [2.75, 3.05) is 18.0 Å². The summed E-state index contributed by atoms with van der Waals surface area (Å²) in [4.78, 5) is 27.0. The van der Waals surface area contributed by atoms with Crippen molar-refractivity contribution in [3.05, 3.63) is 77.0 Å². The van der Waals surface area contributed by atoms with E-state index in [1.807, 2.05) is 56.3 Å². The van der Waals surface area contributed by atoms with E-state index in [-0.39, 0.29) is 11.7 Å². The molecular formula is C20H20N2O2. The third kappa shape index (κ3) is 3.08. The molecule has 24 heavy (non-hydrogen) atoms. The average molecular weight is 320 g/mol. The summed E-state index contributed by atoms with van der Waals surface area (Å²) >= 11 is 0. The Labute approximate surface area is 141 Å². The normalized spacial score (nSPS) is 16.2. The molecule has 0 saturated carbocycles. The molecule has 1 amide bonds. The van der Waals surface area contributed by atoms with Crippen LogP contribution in [0.1, 0.15) is 21.5 Å². The molecule has 0 aromatic heterocycles. The van der Waals surface area contributed by atoms with Gasteiger partial charge < -0.3 is 10.2 Å². The second-order valence-electron chi connectivity index (χ2n) is 5.89. The fourth-order valence-electron chi connectivity index (χ4n) is 2.82. The highest BCUT2D eigenvalue weighted by molar-refractivity contribution is 6.13. The average Bonchev–Trinajstić information content (AvgIpc) is 2.60. The number of aryl methyl sites for hydroxylation is 1. The maximum atomic E-state index is 12.7. The maximum Gasteiger partial charge on any atom is 0.274 e. The van der Waals surface area contributed by atoms with Gasteiger partial charge in [0.15, 0.2) is 5.78 Å². The number of carbonyl (C=O) groups excluding carboxylic acids is 2. The Hall–Kier alpha value is -2.88. The third-order valence-corrected chi connectivity index (χ3v) is 4.34. The van der Waals surface area contributed by atoms with Crippen molar-refractivity contribution in [2.24, 2.45) is 0 Å². The molecule has 2 aromatic rings. The second kappa shape index (κ2) is 6.71. The van der Waals surface area contributed by atoms with Crippen molar-refractivity contribution in [1.82, 2.24) is 5.32 Å². The highest BCUT2D eigenvalue weighted by Gasteiger charge is 2.25. The second-order valence-corrected chi connectivity index (χ2v) is 5.89. The van der Waals surface area contributed by atoms with E-state index in [1.165, 1.54) is 6.08 Å². The first kappa shape index (κ1) is 16.0. The molecule has 2 aromatic carbocycles. The summed E-state index contributed by atoms with van der Waals surface area (Å²) in [7, 11) is 0. The summed E-state index contributed by atoms with van der Waals surface area (Å²) in [5.74, 6) is -0.326. The van der Waals surface area contributed by atoms with Crippen molar-refractivity contribution < 1.29 is 9.59 Å². The minimum atomic E-state index is -0.175. The Morgan fingerprint density at radius 2 is 1.83 bits per heavy atom. The lowest BCUT2D eigenvalue weighted by molar-refractivity contribution is -0.116.